The van der Waals surface area contributed by atoms with Crippen molar-refractivity contribution >= 4 is 22.9 Å². The molecule has 0 spiro atoms. The van der Waals surface area contributed by atoms with Crippen molar-refractivity contribution in [2.45, 2.75) is 19.9 Å². The van der Waals surface area contributed by atoms with Crippen molar-refractivity contribution in [3.63, 3.8) is 0 Å². The first-order valence-electron chi connectivity index (χ1n) is 6.32. The van der Waals surface area contributed by atoms with Gasteiger partial charge in [-0.2, -0.15) is 0 Å². The van der Waals surface area contributed by atoms with Gasteiger partial charge in [-0.05, 0) is 44.2 Å². The fourth-order valence-corrected chi connectivity index (χ4v) is 2.81. The molecule has 1 unspecified atom stereocenters. The van der Waals surface area contributed by atoms with Crippen LogP contribution in [0.4, 0.5) is 5.69 Å². The van der Waals surface area contributed by atoms with Crippen LogP contribution in [0.25, 0.3) is 0 Å². The van der Waals surface area contributed by atoms with Crippen LogP contribution in [0.15, 0.2) is 30.3 Å². The highest BCUT2D eigenvalue weighted by Gasteiger charge is 2.16. The lowest BCUT2D eigenvalue weighted by molar-refractivity contribution is 0.0937. The molecule has 2 rings (SSSR count). The third kappa shape index (κ3) is 3.11. The molecule has 106 valence electrons. The van der Waals surface area contributed by atoms with Crippen molar-refractivity contribution in [2.75, 3.05) is 12.8 Å². The van der Waals surface area contributed by atoms with Gasteiger partial charge in [0.2, 0.25) is 0 Å². The topological polar surface area (TPSA) is 64.3 Å². The minimum atomic E-state index is -0.187. The molecule has 0 aliphatic rings. The average Bonchev–Trinajstić information content (AvgIpc) is 2.85. The first kappa shape index (κ1) is 14.4. The molecule has 0 radical (unpaired) electrons. The molecule has 0 saturated carbocycles. The van der Waals surface area contributed by atoms with Crippen LogP contribution in [0, 0.1) is 6.92 Å². The maximum atomic E-state index is 12.3. The molecule has 1 atom stereocenters. The van der Waals surface area contributed by atoms with Gasteiger partial charge in [0.05, 0.1) is 18.7 Å². The Balaban J connectivity index is 2.18. The molecule has 5 heteroatoms. The van der Waals surface area contributed by atoms with E-state index in [1.165, 1.54) is 12.0 Å². The average molecular weight is 290 g/mol. The third-order valence-corrected chi connectivity index (χ3v) is 4.19. The molecular formula is C15H18N2O2S. The van der Waals surface area contributed by atoms with Gasteiger partial charge < -0.3 is 15.8 Å². The molecule has 1 aromatic heterocycles. The zero-order valence-corrected chi connectivity index (χ0v) is 12.6. The molecule has 0 bridgehead atoms. The number of anilines is 1. The van der Waals surface area contributed by atoms with E-state index in [0.717, 1.165) is 4.88 Å². The Labute approximate surface area is 122 Å². The summed E-state index contributed by atoms with van der Waals surface area (Å²) in [5, 5.41) is 2.96. The fourth-order valence-electron chi connectivity index (χ4n) is 1.93. The van der Waals surface area contributed by atoms with Gasteiger partial charge in [-0.3, -0.25) is 4.79 Å². The van der Waals surface area contributed by atoms with Crippen molar-refractivity contribution < 1.29 is 9.53 Å². The number of benzene rings is 1. The van der Waals surface area contributed by atoms with Gasteiger partial charge in [-0.15, -0.1) is 11.3 Å². The number of nitrogens with one attached hydrogen (secondary N) is 1. The van der Waals surface area contributed by atoms with Gasteiger partial charge in [-0.1, -0.05) is 0 Å². The molecule has 1 aromatic carbocycles. The maximum Gasteiger partial charge on any atom is 0.255 e. The van der Waals surface area contributed by atoms with Crippen LogP contribution in [0.5, 0.6) is 5.75 Å². The fraction of sp³-hybridized carbons (Fsp3) is 0.267. The second-order valence-electron chi connectivity index (χ2n) is 4.60. The Morgan fingerprint density at radius 3 is 2.70 bits per heavy atom. The number of carbonyl (C=O) groups excluding carboxylic acids is 1. The zero-order chi connectivity index (χ0) is 14.7. The molecule has 20 heavy (non-hydrogen) atoms. The first-order chi connectivity index (χ1) is 9.51. The van der Waals surface area contributed by atoms with E-state index in [2.05, 4.69) is 5.32 Å². The largest absolute Gasteiger partial charge is 0.496 e. The highest BCUT2D eigenvalue weighted by Crippen LogP contribution is 2.25. The van der Waals surface area contributed by atoms with Crippen LogP contribution >= 0.6 is 11.3 Å². The Morgan fingerprint density at radius 2 is 2.10 bits per heavy atom. The number of methoxy groups -OCH3 is 1. The van der Waals surface area contributed by atoms with Gasteiger partial charge in [0.25, 0.3) is 5.91 Å². The molecular weight excluding hydrogens is 272 g/mol. The monoisotopic (exact) mass is 290 g/mol. The number of carbonyl (C=O) groups is 1. The van der Waals surface area contributed by atoms with E-state index in [1.807, 2.05) is 26.0 Å². The Bertz CT molecular complexity index is 622. The number of thiophene rings is 1. The zero-order valence-electron chi connectivity index (χ0n) is 11.8. The molecule has 2 aromatic rings. The van der Waals surface area contributed by atoms with E-state index in [1.54, 1.807) is 29.5 Å². The summed E-state index contributed by atoms with van der Waals surface area (Å²) in [5.74, 6) is 0.332. The summed E-state index contributed by atoms with van der Waals surface area (Å²) in [4.78, 5) is 14.7. The van der Waals surface area contributed by atoms with Gasteiger partial charge in [0.15, 0.2) is 0 Å². The molecule has 0 saturated heterocycles. The van der Waals surface area contributed by atoms with E-state index in [-0.39, 0.29) is 11.9 Å². The smallest absolute Gasteiger partial charge is 0.255 e. The van der Waals surface area contributed by atoms with Gasteiger partial charge >= 0.3 is 0 Å². The summed E-state index contributed by atoms with van der Waals surface area (Å²) < 4.78 is 5.20. The van der Waals surface area contributed by atoms with Crippen molar-refractivity contribution in [2.24, 2.45) is 0 Å². The number of aryl methyl sites for hydroxylation is 1. The quantitative estimate of drug-likeness (QED) is 0.850. The summed E-state index contributed by atoms with van der Waals surface area (Å²) in [5.41, 5.74) is 6.72. The predicted molar refractivity (Wildman–Crippen MR) is 82.3 cm³/mol. The minimum absolute atomic E-state index is 0.0488. The number of hydrogen-bond acceptors (Lipinski definition) is 4. The van der Waals surface area contributed by atoms with Gasteiger partial charge in [-0.25, -0.2) is 0 Å². The van der Waals surface area contributed by atoms with E-state index in [0.29, 0.717) is 17.0 Å². The lowest BCUT2D eigenvalue weighted by Gasteiger charge is -2.14. The highest BCUT2D eigenvalue weighted by atomic mass is 32.1. The highest BCUT2D eigenvalue weighted by molar-refractivity contribution is 7.12. The van der Waals surface area contributed by atoms with E-state index >= 15 is 0 Å². The normalized spacial score (nSPS) is 11.9. The maximum absolute atomic E-state index is 12.3. The van der Waals surface area contributed by atoms with Gasteiger partial charge in [0.1, 0.15) is 5.75 Å². The van der Waals surface area contributed by atoms with Crippen molar-refractivity contribution in [3.05, 3.63) is 45.6 Å². The standard InChI is InChI=1S/C15H18N2O2S/c1-9-4-7-14(20-9)10(2)17-15(18)12-8-11(16)5-6-13(12)19-3/h4-8,10H,16H2,1-3H3,(H,17,18). The van der Waals surface area contributed by atoms with Crippen LogP contribution in [-0.4, -0.2) is 13.0 Å². The number of nitrogens with two attached hydrogens (primary N) is 1. The van der Waals surface area contributed by atoms with E-state index in [9.17, 15) is 4.79 Å². The van der Waals surface area contributed by atoms with Crippen molar-refractivity contribution in [1.82, 2.24) is 5.32 Å². The molecule has 0 fully saturated rings. The second kappa shape index (κ2) is 5.96. The summed E-state index contributed by atoms with van der Waals surface area (Å²) in [6.45, 7) is 4.01. The Kier molecular flexibility index (Phi) is 4.29. The SMILES string of the molecule is COc1ccc(N)cc1C(=O)NC(C)c1ccc(C)s1. The van der Waals surface area contributed by atoms with Gasteiger partial charge in [0, 0.05) is 15.4 Å². The molecule has 1 amide bonds. The molecule has 4 nitrogen and oxygen atoms in total. The number of nitrogen functional groups attached to an aromatic ring is 1. The molecule has 0 aliphatic carbocycles. The van der Waals surface area contributed by atoms with Crippen LogP contribution < -0.4 is 15.8 Å². The number of rotatable bonds is 4. The second-order valence-corrected chi connectivity index (χ2v) is 5.92. The van der Waals surface area contributed by atoms with Crippen LogP contribution in [-0.2, 0) is 0 Å². The Morgan fingerprint density at radius 1 is 1.35 bits per heavy atom. The third-order valence-electron chi connectivity index (χ3n) is 3.00. The number of ether oxygens (including phenoxy) is 1. The van der Waals surface area contributed by atoms with Crippen LogP contribution in [0.3, 0.4) is 0 Å². The number of hydrogen-bond donors (Lipinski definition) is 2. The summed E-state index contributed by atoms with van der Waals surface area (Å²) in [6, 6.07) is 9.06. The van der Waals surface area contributed by atoms with E-state index in [4.69, 9.17) is 10.5 Å². The van der Waals surface area contributed by atoms with Crippen molar-refractivity contribution in [3.8, 4) is 5.75 Å². The summed E-state index contributed by atoms with van der Waals surface area (Å²) in [7, 11) is 1.54. The Hall–Kier alpha value is -2.01. The van der Waals surface area contributed by atoms with E-state index < -0.39 is 0 Å². The molecule has 0 aliphatic heterocycles. The molecule has 3 N–H and O–H groups in total. The van der Waals surface area contributed by atoms with Crippen LogP contribution in [0.1, 0.15) is 33.1 Å². The van der Waals surface area contributed by atoms with Crippen molar-refractivity contribution in [1.29, 1.82) is 0 Å². The summed E-state index contributed by atoms with van der Waals surface area (Å²) in [6.07, 6.45) is 0. The summed E-state index contributed by atoms with van der Waals surface area (Å²) >= 11 is 1.68. The predicted octanol–water partition coefficient (Wildman–Crippen LogP) is 3.14. The minimum Gasteiger partial charge on any atom is -0.496 e. The molecule has 1 heterocycles. The first-order valence-corrected chi connectivity index (χ1v) is 7.13. The lowest BCUT2D eigenvalue weighted by Crippen LogP contribution is -2.26. The lowest BCUT2D eigenvalue weighted by atomic mass is 10.1. The number of amides is 1. The van der Waals surface area contributed by atoms with Crippen LogP contribution in [0.2, 0.25) is 0 Å².